The van der Waals surface area contributed by atoms with Gasteiger partial charge in [-0.25, -0.2) is 14.4 Å². The fourth-order valence-corrected chi connectivity index (χ4v) is 3.00. The van der Waals surface area contributed by atoms with E-state index in [0.29, 0.717) is 10.9 Å². The molecule has 3 aromatic heterocycles. The van der Waals surface area contributed by atoms with E-state index in [1.54, 1.807) is 12.1 Å². The van der Waals surface area contributed by atoms with Gasteiger partial charge in [0.1, 0.15) is 11.5 Å². The van der Waals surface area contributed by atoms with Crippen LogP contribution in [0.5, 0.6) is 0 Å². The Labute approximate surface area is 167 Å². The molecule has 4 rings (SSSR count). The number of carbonyl (C=O) groups is 1. The van der Waals surface area contributed by atoms with Gasteiger partial charge >= 0.3 is 6.18 Å². The van der Waals surface area contributed by atoms with Crippen LogP contribution in [0.25, 0.3) is 33.5 Å². The van der Waals surface area contributed by atoms with Crippen LogP contribution in [-0.4, -0.2) is 20.9 Å². The largest absolute Gasteiger partial charge is 0.433 e. The number of halogens is 4. The van der Waals surface area contributed by atoms with Crippen molar-refractivity contribution in [1.29, 1.82) is 0 Å². The molecule has 0 saturated carbocycles. The molecular formula is C21H12F4N4O. The number of primary amides is 1. The number of rotatable bonds is 3. The van der Waals surface area contributed by atoms with Crippen molar-refractivity contribution < 1.29 is 22.4 Å². The van der Waals surface area contributed by atoms with Crippen molar-refractivity contribution >= 4 is 16.9 Å². The number of carbonyl (C=O) groups excluding carboxylic acids is 1. The lowest BCUT2D eigenvalue weighted by Crippen LogP contribution is -2.13. The molecule has 0 aliphatic rings. The van der Waals surface area contributed by atoms with Crippen LogP contribution in [0, 0.1) is 5.82 Å². The molecule has 0 radical (unpaired) electrons. The molecule has 0 atom stereocenters. The number of benzene rings is 1. The van der Waals surface area contributed by atoms with E-state index in [-0.39, 0.29) is 28.2 Å². The quantitative estimate of drug-likeness (QED) is 0.498. The van der Waals surface area contributed by atoms with Gasteiger partial charge in [0.25, 0.3) is 5.91 Å². The predicted molar refractivity (Wildman–Crippen MR) is 102 cm³/mol. The smallest absolute Gasteiger partial charge is 0.366 e. The lowest BCUT2D eigenvalue weighted by molar-refractivity contribution is -0.141. The Kier molecular flexibility index (Phi) is 4.65. The first-order valence-electron chi connectivity index (χ1n) is 8.64. The normalized spacial score (nSPS) is 11.6. The lowest BCUT2D eigenvalue weighted by Gasteiger charge is -2.10. The molecule has 1 amide bonds. The molecule has 2 N–H and O–H groups in total. The van der Waals surface area contributed by atoms with E-state index in [1.165, 1.54) is 36.5 Å². The molecule has 0 bridgehead atoms. The average molecular weight is 412 g/mol. The Morgan fingerprint density at radius 3 is 2.47 bits per heavy atom. The summed E-state index contributed by atoms with van der Waals surface area (Å²) in [7, 11) is 0. The first-order valence-corrected chi connectivity index (χ1v) is 8.64. The summed E-state index contributed by atoms with van der Waals surface area (Å²) in [6.07, 6.45) is -3.20. The molecular weight excluding hydrogens is 400 g/mol. The SMILES string of the molecule is NC(=O)c1cccnc1-c1cc(-c2ccc3ccc(C(F)(F)F)nc3n2)ccc1F. The highest BCUT2D eigenvalue weighted by Gasteiger charge is 2.32. The van der Waals surface area contributed by atoms with E-state index in [4.69, 9.17) is 5.73 Å². The number of hydrogen-bond donors (Lipinski definition) is 1. The van der Waals surface area contributed by atoms with Gasteiger partial charge in [0.15, 0.2) is 5.65 Å². The molecule has 0 saturated heterocycles. The molecule has 0 aliphatic heterocycles. The molecule has 0 fully saturated rings. The van der Waals surface area contributed by atoms with Crippen molar-refractivity contribution in [2.45, 2.75) is 6.18 Å². The third-order valence-corrected chi connectivity index (χ3v) is 4.43. The fraction of sp³-hybridized carbons (Fsp3) is 0.0476. The second-order valence-electron chi connectivity index (χ2n) is 6.40. The van der Waals surface area contributed by atoms with Crippen molar-refractivity contribution in [2.75, 3.05) is 0 Å². The van der Waals surface area contributed by atoms with Crippen LogP contribution in [0.15, 0.2) is 60.8 Å². The van der Waals surface area contributed by atoms with Gasteiger partial charge in [-0.05, 0) is 54.6 Å². The van der Waals surface area contributed by atoms with Crippen molar-refractivity contribution in [3.8, 4) is 22.5 Å². The van der Waals surface area contributed by atoms with E-state index in [9.17, 15) is 22.4 Å². The van der Waals surface area contributed by atoms with Crippen molar-refractivity contribution in [3.05, 3.63) is 77.9 Å². The minimum atomic E-state index is -4.60. The van der Waals surface area contributed by atoms with E-state index < -0.39 is 23.6 Å². The molecule has 1 aromatic carbocycles. The molecule has 4 aromatic rings. The number of nitrogens with two attached hydrogens (primary N) is 1. The number of nitrogens with zero attached hydrogens (tertiary/aromatic N) is 3. The summed E-state index contributed by atoms with van der Waals surface area (Å²) in [6, 6.07) is 12.2. The van der Waals surface area contributed by atoms with Gasteiger partial charge in [0.2, 0.25) is 0 Å². The molecule has 5 nitrogen and oxygen atoms in total. The fourth-order valence-electron chi connectivity index (χ4n) is 3.00. The molecule has 3 heterocycles. The topological polar surface area (TPSA) is 81.8 Å². The van der Waals surface area contributed by atoms with Gasteiger partial charge in [-0.15, -0.1) is 0 Å². The Morgan fingerprint density at radius 2 is 1.73 bits per heavy atom. The zero-order valence-electron chi connectivity index (χ0n) is 15.1. The van der Waals surface area contributed by atoms with E-state index in [1.807, 2.05) is 0 Å². The zero-order valence-corrected chi connectivity index (χ0v) is 15.1. The van der Waals surface area contributed by atoms with Crippen LogP contribution in [-0.2, 0) is 6.18 Å². The minimum Gasteiger partial charge on any atom is -0.366 e. The highest BCUT2D eigenvalue weighted by Crippen LogP contribution is 2.31. The monoisotopic (exact) mass is 412 g/mol. The molecule has 0 unspecified atom stereocenters. The summed E-state index contributed by atoms with van der Waals surface area (Å²) in [5.41, 5.74) is 5.00. The van der Waals surface area contributed by atoms with Gasteiger partial charge in [0.05, 0.1) is 17.0 Å². The third kappa shape index (κ3) is 3.57. The summed E-state index contributed by atoms with van der Waals surface area (Å²) in [5.74, 6) is -1.41. The number of pyridine rings is 3. The van der Waals surface area contributed by atoms with Crippen LogP contribution in [0.3, 0.4) is 0 Å². The number of alkyl halides is 3. The summed E-state index contributed by atoms with van der Waals surface area (Å²) < 4.78 is 53.4. The average Bonchev–Trinajstić information content (AvgIpc) is 2.72. The minimum absolute atomic E-state index is 0.0146. The summed E-state index contributed by atoms with van der Waals surface area (Å²) in [5, 5.41) is 0.426. The first kappa shape index (κ1) is 19.4. The Hall–Kier alpha value is -3.88. The van der Waals surface area contributed by atoms with Gasteiger partial charge in [0, 0.05) is 22.7 Å². The van der Waals surface area contributed by atoms with Crippen LogP contribution in [0.1, 0.15) is 16.1 Å². The number of hydrogen-bond acceptors (Lipinski definition) is 4. The van der Waals surface area contributed by atoms with Gasteiger partial charge in [-0.3, -0.25) is 9.78 Å². The second kappa shape index (κ2) is 7.18. The maximum Gasteiger partial charge on any atom is 0.433 e. The standard InChI is InChI=1S/C21H12F4N4O/c22-15-6-3-12(10-14(15)18-13(19(26)30)2-1-9-27-18)16-7-4-11-5-8-17(21(23,24)25)29-20(11)28-16/h1-10H,(H2,26,30). The Morgan fingerprint density at radius 1 is 0.967 bits per heavy atom. The van der Waals surface area contributed by atoms with Crippen molar-refractivity contribution in [2.24, 2.45) is 5.73 Å². The number of amides is 1. The maximum atomic E-state index is 14.5. The van der Waals surface area contributed by atoms with E-state index in [2.05, 4.69) is 15.0 Å². The van der Waals surface area contributed by atoms with Gasteiger partial charge in [-0.1, -0.05) is 0 Å². The van der Waals surface area contributed by atoms with Crippen LogP contribution < -0.4 is 5.73 Å². The second-order valence-corrected chi connectivity index (χ2v) is 6.40. The van der Waals surface area contributed by atoms with Crippen molar-refractivity contribution in [3.63, 3.8) is 0 Å². The lowest BCUT2D eigenvalue weighted by atomic mass is 10.0. The number of aromatic nitrogens is 3. The molecule has 0 aliphatic carbocycles. The summed E-state index contributed by atoms with van der Waals surface area (Å²) >= 11 is 0. The molecule has 150 valence electrons. The Balaban J connectivity index is 1.85. The van der Waals surface area contributed by atoms with Crippen molar-refractivity contribution in [1.82, 2.24) is 15.0 Å². The predicted octanol–water partition coefficient (Wildman–Crippen LogP) is 4.62. The summed E-state index contributed by atoms with van der Waals surface area (Å²) in [6.45, 7) is 0. The molecule has 0 spiro atoms. The van der Waals surface area contributed by atoms with Gasteiger partial charge < -0.3 is 5.73 Å². The number of fused-ring (bicyclic) bond motifs is 1. The highest BCUT2D eigenvalue weighted by molar-refractivity contribution is 5.99. The Bertz CT molecular complexity index is 1290. The van der Waals surface area contributed by atoms with E-state index >= 15 is 0 Å². The van der Waals surface area contributed by atoms with Gasteiger partial charge in [-0.2, -0.15) is 13.2 Å². The van der Waals surface area contributed by atoms with Crippen LogP contribution >= 0.6 is 0 Å². The third-order valence-electron chi connectivity index (χ3n) is 4.43. The zero-order chi connectivity index (χ0) is 21.5. The maximum absolute atomic E-state index is 14.5. The van der Waals surface area contributed by atoms with E-state index in [0.717, 1.165) is 12.1 Å². The highest BCUT2D eigenvalue weighted by atomic mass is 19.4. The molecule has 30 heavy (non-hydrogen) atoms. The van der Waals surface area contributed by atoms with Crippen LogP contribution in [0.2, 0.25) is 0 Å². The molecule has 9 heteroatoms. The van der Waals surface area contributed by atoms with Crippen LogP contribution in [0.4, 0.5) is 17.6 Å². The summed E-state index contributed by atoms with van der Waals surface area (Å²) in [4.78, 5) is 23.5. The first-order chi connectivity index (χ1) is 14.2.